The Morgan fingerprint density at radius 3 is 2.35 bits per heavy atom. The number of nitrogens with zero attached hydrogens (tertiary/aromatic N) is 3. The Labute approximate surface area is 122 Å². The van der Waals surface area contributed by atoms with E-state index in [1.807, 2.05) is 37.3 Å². The molecule has 1 unspecified atom stereocenters. The highest BCUT2D eigenvalue weighted by atomic mass is 32.2. The molecule has 6 heteroatoms. The fourth-order valence-electron chi connectivity index (χ4n) is 2.02. The first-order valence-corrected chi connectivity index (χ1v) is 7.03. The van der Waals surface area contributed by atoms with Gasteiger partial charge in [0.25, 0.3) is 5.91 Å². The van der Waals surface area contributed by atoms with Crippen molar-refractivity contribution in [2.45, 2.75) is 18.7 Å². The standard InChI is InChI=1S/C14H17N3O2S/c1-10(18)17-14(2,11-8-6-5-7-9-11)20-12(15-17)13(19)16(3)4/h5-9H,1-4H3. The first-order valence-electron chi connectivity index (χ1n) is 6.22. The van der Waals surface area contributed by atoms with Crippen LogP contribution in [-0.2, 0) is 14.5 Å². The number of hydrogen-bond donors (Lipinski definition) is 0. The summed E-state index contributed by atoms with van der Waals surface area (Å²) in [6.45, 7) is 3.35. The molecule has 2 rings (SSSR count). The maximum atomic E-state index is 12.1. The number of hydrogen-bond acceptors (Lipinski definition) is 4. The van der Waals surface area contributed by atoms with E-state index < -0.39 is 4.87 Å². The van der Waals surface area contributed by atoms with Gasteiger partial charge in [-0.1, -0.05) is 42.1 Å². The molecule has 1 aromatic rings. The SMILES string of the molecule is CC(=O)N1N=C(C(=O)N(C)C)SC1(C)c1ccccc1. The van der Waals surface area contributed by atoms with Crippen LogP contribution in [0.4, 0.5) is 0 Å². The lowest BCUT2D eigenvalue weighted by Gasteiger charge is -2.31. The lowest BCUT2D eigenvalue weighted by molar-refractivity contribution is -0.131. The van der Waals surface area contributed by atoms with Gasteiger partial charge in [0.05, 0.1) is 0 Å². The molecule has 0 aromatic heterocycles. The lowest BCUT2D eigenvalue weighted by Crippen LogP contribution is -2.37. The van der Waals surface area contributed by atoms with Gasteiger partial charge in [-0.25, -0.2) is 5.01 Å². The maximum Gasteiger partial charge on any atom is 0.280 e. The van der Waals surface area contributed by atoms with Crippen molar-refractivity contribution in [3.05, 3.63) is 35.9 Å². The number of amides is 2. The predicted octanol–water partition coefficient (Wildman–Crippen LogP) is 1.86. The van der Waals surface area contributed by atoms with Crippen molar-refractivity contribution in [2.24, 2.45) is 5.10 Å². The van der Waals surface area contributed by atoms with Gasteiger partial charge < -0.3 is 4.90 Å². The number of carbonyl (C=O) groups excluding carboxylic acids is 2. The van der Waals surface area contributed by atoms with E-state index in [1.54, 1.807) is 14.1 Å². The highest BCUT2D eigenvalue weighted by molar-refractivity contribution is 8.16. The quantitative estimate of drug-likeness (QED) is 0.835. The topological polar surface area (TPSA) is 53.0 Å². The summed E-state index contributed by atoms with van der Waals surface area (Å²) >= 11 is 1.30. The number of carbonyl (C=O) groups is 2. The van der Waals surface area contributed by atoms with Gasteiger partial charge in [-0.05, 0) is 12.5 Å². The minimum Gasteiger partial charge on any atom is -0.343 e. The van der Waals surface area contributed by atoms with E-state index in [4.69, 9.17) is 0 Å². The van der Waals surface area contributed by atoms with Crippen molar-refractivity contribution in [2.75, 3.05) is 14.1 Å². The van der Waals surface area contributed by atoms with Crippen molar-refractivity contribution in [1.29, 1.82) is 0 Å². The van der Waals surface area contributed by atoms with Crippen LogP contribution >= 0.6 is 11.8 Å². The molecule has 0 saturated carbocycles. The van der Waals surface area contributed by atoms with E-state index in [1.165, 1.54) is 28.6 Å². The zero-order valence-electron chi connectivity index (χ0n) is 12.0. The van der Waals surface area contributed by atoms with Crippen LogP contribution in [0.5, 0.6) is 0 Å². The van der Waals surface area contributed by atoms with Crippen LogP contribution in [-0.4, -0.2) is 40.9 Å². The molecule has 1 aliphatic heterocycles. The molecule has 1 heterocycles. The van der Waals surface area contributed by atoms with Crippen LogP contribution in [0.1, 0.15) is 19.4 Å². The molecule has 0 fully saturated rings. The molecule has 1 aliphatic rings. The van der Waals surface area contributed by atoms with Gasteiger partial charge in [0.15, 0.2) is 5.04 Å². The summed E-state index contributed by atoms with van der Waals surface area (Å²) < 4.78 is 0. The largest absolute Gasteiger partial charge is 0.343 e. The Morgan fingerprint density at radius 2 is 1.85 bits per heavy atom. The van der Waals surface area contributed by atoms with Gasteiger partial charge in [-0.2, -0.15) is 5.10 Å². The second-order valence-corrected chi connectivity index (χ2v) is 6.27. The summed E-state index contributed by atoms with van der Waals surface area (Å²) in [6.07, 6.45) is 0. The van der Waals surface area contributed by atoms with Crippen LogP contribution in [0.3, 0.4) is 0 Å². The summed E-state index contributed by atoms with van der Waals surface area (Å²) in [6, 6.07) is 9.59. The minimum atomic E-state index is -0.686. The van der Waals surface area contributed by atoms with Crippen molar-refractivity contribution < 1.29 is 9.59 Å². The first-order chi connectivity index (χ1) is 9.36. The maximum absolute atomic E-state index is 12.1. The highest BCUT2D eigenvalue weighted by Gasteiger charge is 2.45. The summed E-state index contributed by atoms with van der Waals surface area (Å²) in [5, 5.41) is 5.92. The van der Waals surface area contributed by atoms with Gasteiger partial charge in [0, 0.05) is 21.0 Å². The normalized spacial score (nSPS) is 21.6. The number of thioether (sulfide) groups is 1. The molecule has 1 aromatic carbocycles. The third-order valence-electron chi connectivity index (χ3n) is 3.09. The smallest absolute Gasteiger partial charge is 0.280 e. The fourth-order valence-corrected chi connectivity index (χ4v) is 3.29. The van der Waals surface area contributed by atoms with Crippen LogP contribution < -0.4 is 0 Å². The van der Waals surface area contributed by atoms with E-state index in [9.17, 15) is 9.59 Å². The second kappa shape index (κ2) is 5.28. The van der Waals surface area contributed by atoms with E-state index in [0.29, 0.717) is 5.04 Å². The molecule has 0 aliphatic carbocycles. The van der Waals surface area contributed by atoms with E-state index in [2.05, 4.69) is 5.10 Å². The highest BCUT2D eigenvalue weighted by Crippen LogP contribution is 2.45. The average Bonchev–Trinajstić information content (AvgIpc) is 2.78. The van der Waals surface area contributed by atoms with Gasteiger partial charge >= 0.3 is 0 Å². The van der Waals surface area contributed by atoms with Crippen molar-refractivity contribution in [3.63, 3.8) is 0 Å². The molecule has 2 amide bonds. The zero-order valence-corrected chi connectivity index (χ0v) is 12.8. The van der Waals surface area contributed by atoms with E-state index in [-0.39, 0.29) is 11.8 Å². The second-order valence-electron chi connectivity index (χ2n) is 4.89. The summed E-state index contributed by atoms with van der Waals surface area (Å²) in [4.78, 5) is 24.7. The van der Waals surface area contributed by atoms with Crippen molar-refractivity contribution in [3.8, 4) is 0 Å². The minimum absolute atomic E-state index is 0.189. The molecule has 0 bridgehead atoms. The van der Waals surface area contributed by atoms with Crippen molar-refractivity contribution in [1.82, 2.24) is 9.91 Å². The lowest BCUT2D eigenvalue weighted by atomic mass is 10.1. The molecule has 0 spiro atoms. The van der Waals surface area contributed by atoms with Gasteiger partial charge in [-0.3, -0.25) is 9.59 Å². The van der Waals surface area contributed by atoms with Crippen LogP contribution in [0.25, 0.3) is 0 Å². The predicted molar refractivity (Wildman–Crippen MR) is 80.0 cm³/mol. The molecule has 0 radical (unpaired) electrons. The van der Waals surface area contributed by atoms with E-state index in [0.717, 1.165) is 5.56 Å². The summed E-state index contributed by atoms with van der Waals surface area (Å²) in [7, 11) is 3.34. The Kier molecular flexibility index (Phi) is 3.85. The number of benzene rings is 1. The molecular weight excluding hydrogens is 274 g/mol. The Bertz CT molecular complexity index is 571. The van der Waals surface area contributed by atoms with Crippen LogP contribution in [0.2, 0.25) is 0 Å². The van der Waals surface area contributed by atoms with E-state index >= 15 is 0 Å². The van der Waals surface area contributed by atoms with Gasteiger partial charge in [-0.15, -0.1) is 0 Å². The summed E-state index contributed by atoms with van der Waals surface area (Å²) in [5.41, 5.74) is 0.936. The third-order valence-corrected chi connectivity index (χ3v) is 4.34. The first kappa shape index (κ1) is 14.6. The Morgan fingerprint density at radius 1 is 1.25 bits per heavy atom. The molecule has 1 atom stereocenters. The van der Waals surface area contributed by atoms with Crippen LogP contribution in [0.15, 0.2) is 35.4 Å². The molecule has 0 N–H and O–H groups in total. The third kappa shape index (κ3) is 2.43. The Balaban J connectivity index is 2.41. The molecular formula is C14H17N3O2S. The number of hydrazone groups is 1. The number of rotatable bonds is 2. The van der Waals surface area contributed by atoms with Crippen molar-refractivity contribution >= 4 is 28.6 Å². The fraction of sp³-hybridized carbons (Fsp3) is 0.357. The molecule has 106 valence electrons. The van der Waals surface area contributed by atoms with Gasteiger partial charge in [0.2, 0.25) is 5.91 Å². The average molecular weight is 291 g/mol. The molecule has 0 saturated heterocycles. The Hall–Kier alpha value is -1.82. The summed E-state index contributed by atoms with van der Waals surface area (Å²) in [5.74, 6) is -0.383. The van der Waals surface area contributed by atoms with Crippen LogP contribution in [0, 0.1) is 0 Å². The molecule has 5 nitrogen and oxygen atoms in total. The molecule has 20 heavy (non-hydrogen) atoms. The zero-order chi connectivity index (χ0) is 14.9. The monoisotopic (exact) mass is 291 g/mol. The van der Waals surface area contributed by atoms with Gasteiger partial charge in [0.1, 0.15) is 4.87 Å².